The Labute approximate surface area is 117 Å². The van der Waals surface area contributed by atoms with Crippen LogP contribution in [0, 0.1) is 5.82 Å². The largest absolute Gasteiger partial charge is 0.416 e. The Kier molecular flexibility index (Phi) is 3.93. The number of carbonyl (C=O) groups is 1. The second kappa shape index (κ2) is 5.51. The Morgan fingerprint density at radius 2 is 1.95 bits per heavy atom. The van der Waals surface area contributed by atoms with Gasteiger partial charge in [0.05, 0.1) is 16.8 Å². The van der Waals surface area contributed by atoms with E-state index in [-0.39, 0.29) is 23.2 Å². The van der Waals surface area contributed by atoms with Gasteiger partial charge in [-0.3, -0.25) is 9.78 Å². The first kappa shape index (κ1) is 15.0. The molecule has 1 aromatic carbocycles. The van der Waals surface area contributed by atoms with Crippen LogP contribution >= 0.6 is 0 Å². The van der Waals surface area contributed by atoms with Gasteiger partial charge in [0.15, 0.2) is 0 Å². The summed E-state index contributed by atoms with van der Waals surface area (Å²) in [4.78, 5) is 15.1. The highest BCUT2D eigenvalue weighted by atomic mass is 19.4. The molecule has 2 aromatic rings. The van der Waals surface area contributed by atoms with Crippen molar-refractivity contribution in [1.29, 1.82) is 0 Å². The fourth-order valence-electron chi connectivity index (χ4n) is 1.87. The van der Waals surface area contributed by atoms with Gasteiger partial charge >= 0.3 is 6.18 Å². The number of pyridine rings is 1. The molecule has 1 amide bonds. The van der Waals surface area contributed by atoms with E-state index in [2.05, 4.69) is 4.98 Å². The second-order valence-electron chi connectivity index (χ2n) is 4.34. The monoisotopic (exact) mass is 298 g/mol. The highest BCUT2D eigenvalue weighted by Crippen LogP contribution is 2.31. The number of carbonyl (C=O) groups excluding carboxylic acids is 1. The molecule has 0 aliphatic carbocycles. The van der Waals surface area contributed by atoms with Crippen molar-refractivity contribution in [2.24, 2.45) is 5.73 Å². The molecule has 0 spiro atoms. The smallest absolute Gasteiger partial charge is 0.366 e. The van der Waals surface area contributed by atoms with E-state index in [0.29, 0.717) is 12.1 Å². The summed E-state index contributed by atoms with van der Waals surface area (Å²) in [5, 5.41) is 0. The predicted molar refractivity (Wildman–Crippen MR) is 67.0 cm³/mol. The third-order valence-corrected chi connectivity index (χ3v) is 2.89. The van der Waals surface area contributed by atoms with E-state index in [1.54, 1.807) is 0 Å². The maximum atomic E-state index is 13.7. The number of aromatic nitrogens is 1. The van der Waals surface area contributed by atoms with Crippen LogP contribution in [0.3, 0.4) is 0 Å². The summed E-state index contributed by atoms with van der Waals surface area (Å²) < 4.78 is 51.6. The van der Waals surface area contributed by atoms with Gasteiger partial charge in [-0.15, -0.1) is 0 Å². The minimum Gasteiger partial charge on any atom is -0.366 e. The topological polar surface area (TPSA) is 56.0 Å². The van der Waals surface area contributed by atoms with E-state index >= 15 is 0 Å². The highest BCUT2D eigenvalue weighted by molar-refractivity contribution is 5.93. The van der Waals surface area contributed by atoms with Crippen LogP contribution in [0.4, 0.5) is 17.6 Å². The number of benzene rings is 1. The van der Waals surface area contributed by atoms with Gasteiger partial charge in [0.2, 0.25) is 0 Å². The minimum absolute atomic E-state index is 0.0503. The lowest BCUT2D eigenvalue weighted by atomic mass is 10.0. The third-order valence-electron chi connectivity index (χ3n) is 2.89. The number of nitrogens with two attached hydrogens (primary N) is 1. The molecule has 2 rings (SSSR count). The average molecular weight is 298 g/mol. The minimum atomic E-state index is -4.57. The number of rotatable bonds is 3. The zero-order valence-corrected chi connectivity index (χ0v) is 10.6. The number of amides is 1. The molecule has 0 fully saturated rings. The van der Waals surface area contributed by atoms with Crippen LogP contribution in [0.5, 0.6) is 0 Å². The van der Waals surface area contributed by atoms with E-state index < -0.39 is 23.5 Å². The SMILES string of the molecule is NC(=O)c1cccnc1Cc1cc(C(F)(F)F)ccc1F. The van der Waals surface area contributed by atoms with Gasteiger partial charge in [-0.05, 0) is 35.9 Å². The summed E-state index contributed by atoms with van der Waals surface area (Å²) in [5.41, 5.74) is 4.17. The van der Waals surface area contributed by atoms with E-state index in [1.807, 2.05) is 0 Å². The lowest BCUT2D eigenvalue weighted by molar-refractivity contribution is -0.137. The Balaban J connectivity index is 2.43. The van der Waals surface area contributed by atoms with Crippen molar-refractivity contribution in [2.75, 3.05) is 0 Å². The third kappa shape index (κ3) is 3.36. The molecule has 21 heavy (non-hydrogen) atoms. The predicted octanol–water partition coefficient (Wildman–Crippen LogP) is 2.93. The van der Waals surface area contributed by atoms with Crippen LogP contribution in [0.1, 0.15) is 27.2 Å². The zero-order chi connectivity index (χ0) is 15.6. The molecular weight excluding hydrogens is 288 g/mol. The zero-order valence-electron chi connectivity index (χ0n) is 10.6. The van der Waals surface area contributed by atoms with Gasteiger partial charge in [-0.25, -0.2) is 4.39 Å². The molecular formula is C14H10F4N2O. The van der Waals surface area contributed by atoms with Crippen molar-refractivity contribution in [3.63, 3.8) is 0 Å². The van der Waals surface area contributed by atoms with E-state index in [9.17, 15) is 22.4 Å². The summed E-state index contributed by atoms with van der Waals surface area (Å²) in [7, 11) is 0. The molecule has 7 heteroatoms. The van der Waals surface area contributed by atoms with E-state index in [0.717, 1.165) is 6.07 Å². The Hall–Kier alpha value is -2.44. The molecule has 1 heterocycles. The number of primary amides is 1. The maximum Gasteiger partial charge on any atom is 0.416 e. The maximum absolute atomic E-state index is 13.7. The molecule has 0 saturated heterocycles. The standard InChI is InChI=1S/C14H10F4N2O/c15-11-4-3-9(14(16,17)18)6-8(11)7-12-10(13(19)21)2-1-5-20-12/h1-6H,7H2,(H2,19,21). The summed E-state index contributed by atoms with van der Waals surface area (Å²) in [6.45, 7) is 0. The van der Waals surface area contributed by atoms with Crippen molar-refractivity contribution < 1.29 is 22.4 Å². The van der Waals surface area contributed by atoms with Crippen LogP contribution in [-0.2, 0) is 12.6 Å². The number of nitrogens with zero attached hydrogens (tertiary/aromatic N) is 1. The van der Waals surface area contributed by atoms with Gasteiger partial charge in [0, 0.05) is 12.6 Å². The first-order chi connectivity index (χ1) is 9.79. The molecule has 0 atom stereocenters. The van der Waals surface area contributed by atoms with Crippen LogP contribution in [-0.4, -0.2) is 10.9 Å². The summed E-state index contributed by atoms with van der Waals surface area (Å²) >= 11 is 0. The number of hydrogen-bond donors (Lipinski definition) is 1. The lowest BCUT2D eigenvalue weighted by Crippen LogP contribution is -2.15. The van der Waals surface area contributed by atoms with Gasteiger partial charge in [-0.2, -0.15) is 13.2 Å². The molecule has 0 radical (unpaired) electrons. The molecule has 110 valence electrons. The summed E-state index contributed by atoms with van der Waals surface area (Å²) in [5.74, 6) is -1.57. The molecule has 3 nitrogen and oxygen atoms in total. The van der Waals surface area contributed by atoms with Crippen molar-refractivity contribution >= 4 is 5.91 Å². The number of alkyl halides is 3. The van der Waals surface area contributed by atoms with E-state index in [4.69, 9.17) is 5.73 Å². The fraction of sp³-hybridized carbons (Fsp3) is 0.143. The fourth-order valence-corrected chi connectivity index (χ4v) is 1.87. The Bertz CT molecular complexity index is 683. The first-order valence-electron chi connectivity index (χ1n) is 5.88. The number of halogens is 4. The van der Waals surface area contributed by atoms with Crippen molar-refractivity contribution in [1.82, 2.24) is 4.98 Å². The van der Waals surface area contributed by atoms with Gasteiger partial charge < -0.3 is 5.73 Å². The molecule has 0 bridgehead atoms. The molecule has 0 aliphatic heterocycles. The Morgan fingerprint density at radius 1 is 1.24 bits per heavy atom. The quantitative estimate of drug-likeness (QED) is 0.886. The molecule has 0 saturated carbocycles. The van der Waals surface area contributed by atoms with Crippen molar-refractivity contribution in [3.8, 4) is 0 Å². The summed E-state index contributed by atoms with van der Waals surface area (Å²) in [6.07, 6.45) is -3.47. The number of hydrogen-bond acceptors (Lipinski definition) is 2. The molecule has 2 N–H and O–H groups in total. The lowest BCUT2D eigenvalue weighted by Gasteiger charge is -2.10. The molecule has 0 unspecified atom stereocenters. The van der Waals surface area contributed by atoms with Gasteiger partial charge in [-0.1, -0.05) is 0 Å². The summed E-state index contributed by atoms with van der Waals surface area (Å²) in [6, 6.07) is 4.95. The van der Waals surface area contributed by atoms with Crippen LogP contribution in [0.15, 0.2) is 36.5 Å². The van der Waals surface area contributed by atoms with Gasteiger partial charge in [0.1, 0.15) is 5.82 Å². The van der Waals surface area contributed by atoms with Crippen LogP contribution < -0.4 is 5.73 Å². The van der Waals surface area contributed by atoms with E-state index in [1.165, 1.54) is 18.3 Å². The van der Waals surface area contributed by atoms with Gasteiger partial charge in [0.25, 0.3) is 5.91 Å². The highest BCUT2D eigenvalue weighted by Gasteiger charge is 2.31. The first-order valence-corrected chi connectivity index (χ1v) is 5.88. The van der Waals surface area contributed by atoms with Crippen molar-refractivity contribution in [3.05, 3.63) is 64.7 Å². The normalized spacial score (nSPS) is 11.4. The second-order valence-corrected chi connectivity index (χ2v) is 4.34. The van der Waals surface area contributed by atoms with Crippen LogP contribution in [0.2, 0.25) is 0 Å². The van der Waals surface area contributed by atoms with Crippen molar-refractivity contribution in [2.45, 2.75) is 12.6 Å². The van der Waals surface area contributed by atoms with Crippen LogP contribution in [0.25, 0.3) is 0 Å². The average Bonchev–Trinajstić information content (AvgIpc) is 2.40. The Morgan fingerprint density at radius 3 is 2.57 bits per heavy atom. The molecule has 0 aliphatic rings. The molecule has 1 aromatic heterocycles.